The van der Waals surface area contributed by atoms with Crippen molar-refractivity contribution in [2.75, 3.05) is 18.8 Å². The Kier molecular flexibility index (Phi) is 8.26. The van der Waals surface area contributed by atoms with Gasteiger partial charge in [-0.05, 0) is 44.0 Å². The summed E-state index contributed by atoms with van der Waals surface area (Å²) in [5.74, 6) is -0.0204. The third kappa shape index (κ3) is 5.21. The van der Waals surface area contributed by atoms with E-state index in [0.717, 1.165) is 30.7 Å². The van der Waals surface area contributed by atoms with E-state index in [-0.39, 0.29) is 23.2 Å². The summed E-state index contributed by atoms with van der Waals surface area (Å²) < 4.78 is 47.9. The average Bonchev–Trinajstić information content (AvgIpc) is 3.02. The number of nitrogens with zero attached hydrogens (tertiary/aromatic N) is 1. The van der Waals surface area contributed by atoms with E-state index in [1.807, 2.05) is 13.8 Å². The lowest BCUT2D eigenvalue weighted by Gasteiger charge is -2.28. The highest BCUT2D eigenvalue weighted by atomic mass is 32.2. The maximum absolute atomic E-state index is 15.5. The lowest BCUT2D eigenvalue weighted by atomic mass is 9.95. The van der Waals surface area contributed by atoms with Crippen molar-refractivity contribution in [2.45, 2.75) is 58.3 Å². The molecule has 2 nitrogen and oxygen atoms in total. The molecule has 0 radical (unpaired) electrons. The summed E-state index contributed by atoms with van der Waals surface area (Å²) >= 11 is 1.50. The number of halogens is 3. The standard InChI is InChI=1S/C24H31F3N2S/c1-4-6-12-29-15-21(26)24(28-30-5-2)22(29)14-17-8-7-9-18(23(17)27)19-13-16(3)10-11-20(19)25/h7-11,13,21-22,24,28H,4-6,12,14-15H2,1-3H3. The first-order valence-corrected chi connectivity index (χ1v) is 11.7. The fourth-order valence-electron chi connectivity index (χ4n) is 4.16. The molecule has 0 spiro atoms. The van der Waals surface area contributed by atoms with E-state index in [2.05, 4.69) is 16.5 Å². The van der Waals surface area contributed by atoms with E-state index in [0.29, 0.717) is 18.5 Å². The third-order valence-electron chi connectivity index (χ3n) is 5.76. The van der Waals surface area contributed by atoms with Gasteiger partial charge in [-0.2, -0.15) is 0 Å². The van der Waals surface area contributed by atoms with E-state index in [1.165, 1.54) is 18.0 Å². The topological polar surface area (TPSA) is 15.3 Å². The van der Waals surface area contributed by atoms with Crippen LogP contribution < -0.4 is 4.72 Å². The van der Waals surface area contributed by atoms with Gasteiger partial charge < -0.3 is 0 Å². The van der Waals surface area contributed by atoms with Crippen LogP contribution in [0.5, 0.6) is 0 Å². The first-order valence-electron chi connectivity index (χ1n) is 10.8. The Morgan fingerprint density at radius 1 is 1.13 bits per heavy atom. The van der Waals surface area contributed by atoms with Gasteiger partial charge in [0.2, 0.25) is 0 Å². The normalized spacial score (nSPS) is 22.0. The molecule has 0 amide bonds. The number of benzene rings is 2. The van der Waals surface area contributed by atoms with Crippen molar-refractivity contribution in [2.24, 2.45) is 0 Å². The number of hydrogen-bond acceptors (Lipinski definition) is 3. The summed E-state index contributed by atoms with van der Waals surface area (Å²) in [6, 6.07) is 9.32. The van der Waals surface area contributed by atoms with Gasteiger partial charge in [0.15, 0.2) is 0 Å². The molecule has 1 fully saturated rings. The van der Waals surface area contributed by atoms with Gasteiger partial charge in [-0.1, -0.05) is 62.0 Å². The minimum Gasteiger partial charge on any atom is -0.295 e. The van der Waals surface area contributed by atoms with Crippen molar-refractivity contribution < 1.29 is 13.2 Å². The maximum atomic E-state index is 15.5. The Labute approximate surface area is 182 Å². The Hall–Kier alpha value is -1.50. The molecule has 30 heavy (non-hydrogen) atoms. The van der Waals surface area contributed by atoms with E-state index < -0.39 is 17.8 Å². The summed E-state index contributed by atoms with van der Waals surface area (Å²) in [6.07, 6.45) is 1.40. The molecule has 0 aliphatic carbocycles. The number of unbranched alkanes of at least 4 members (excludes halogenated alkanes) is 1. The molecular formula is C24H31F3N2S. The number of rotatable bonds is 9. The van der Waals surface area contributed by atoms with Crippen molar-refractivity contribution in [1.82, 2.24) is 9.62 Å². The van der Waals surface area contributed by atoms with Crippen LogP contribution in [0.3, 0.4) is 0 Å². The van der Waals surface area contributed by atoms with Crippen molar-refractivity contribution in [3.63, 3.8) is 0 Å². The highest BCUT2D eigenvalue weighted by molar-refractivity contribution is 7.97. The number of nitrogens with one attached hydrogen (secondary N) is 1. The number of hydrogen-bond donors (Lipinski definition) is 1. The minimum atomic E-state index is -0.994. The molecule has 0 saturated carbocycles. The van der Waals surface area contributed by atoms with Gasteiger partial charge in [-0.3, -0.25) is 9.62 Å². The van der Waals surface area contributed by atoms with Crippen molar-refractivity contribution in [1.29, 1.82) is 0 Å². The zero-order valence-corrected chi connectivity index (χ0v) is 18.7. The molecular weight excluding hydrogens is 405 g/mol. The van der Waals surface area contributed by atoms with Crippen LogP contribution in [0, 0.1) is 18.6 Å². The first kappa shape index (κ1) is 23.2. The summed E-state index contributed by atoms with van der Waals surface area (Å²) in [5, 5.41) is 0. The Balaban J connectivity index is 1.91. The molecule has 2 aromatic carbocycles. The molecule has 164 valence electrons. The second-order valence-corrected chi connectivity index (χ2v) is 9.08. The first-order chi connectivity index (χ1) is 14.5. The molecule has 1 N–H and O–H groups in total. The van der Waals surface area contributed by atoms with Crippen LogP contribution in [-0.4, -0.2) is 42.0 Å². The molecule has 1 heterocycles. The highest BCUT2D eigenvalue weighted by Crippen LogP contribution is 2.31. The van der Waals surface area contributed by atoms with Crippen molar-refractivity contribution in [3.05, 3.63) is 59.2 Å². The van der Waals surface area contributed by atoms with Gasteiger partial charge in [-0.15, -0.1) is 0 Å². The van der Waals surface area contributed by atoms with Crippen LogP contribution in [-0.2, 0) is 6.42 Å². The number of likely N-dealkylation sites (tertiary alicyclic amines) is 1. The quantitative estimate of drug-likeness (QED) is 0.491. The van der Waals surface area contributed by atoms with E-state index in [4.69, 9.17) is 0 Å². The highest BCUT2D eigenvalue weighted by Gasteiger charge is 2.42. The van der Waals surface area contributed by atoms with Gasteiger partial charge in [-0.25, -0.2) is 13.2 Å². The Morgan fingerprint density at radius 3 is 2.67 bits per heavy atom. The van der Waals surface area contributed by atoms with Crippen LogP contribution in [0.4, 0.5) is 13.2 Å². The zero-order valence-electron chi connectivity index (χ0n) is 17.9. The smallest absolute Gasteiger partial charge is 0.134 e. The van der Waals surface area contributed by atoms with Gasteiger partial charge >= 0.3 is 0 Å². The third-order valence-corrected chi connectivity index (χ3v) is 6.49. The molecule has 3 rings (SSSR count). The Morgan fingerprint density at radius 2 is 1.93 bits per heavy atom. The van der Waals surface area contributed by atoms with Gasteiger partial charge in [0.25, 0.3) is 0 Å². The number of alkyl halides is 1. The van der Waals surface area contributed by atoms with Crippen LogP contribution in [0.15, 0.2) is 36.4 Å². The van der Waals surface area contributed by atoms with E-state index >= 15 is 4.39 Å². The van der Waals surface area contributed by atoms with Gasteiger partial charge in [0.05, 0.1) is 6.04 Å². The van der Waals surface area contributed by atoms with Crippen LogP contribution >= 0.6 is 11.9 Å². The van der Waals surface area contributed by atoms with Crippen LogP contribution in [0.1, 0.15) is 37.8 Å². The maximum Gasteiger partial charge on any atom is 0.134 e. The average molecular weight is 437 g/mol. The summed E-state index contributed by atoms with van der Waals surface area (Å²) in [5.41, 5.74) is 1.90. The predicted molar refractivity (Wildman–Crippen MR) is 120 cm³/mol. The van der Waals surface area contributed by atoms with E-state index in [9.17, 15) is 8.78 Å². The monoisotopic (exact) mass is 436 g/mol. The molecule has 6 heteroatoms. The Bertz CT molecular complexity index is 845. The SMILES string of the molecule is CCCCN1CC(F)C(NSCC)C1Cc1cccc(-c2cc(C)ccc2F)c1F. The van der Waals surface area contributed by atoms with Crippen LogP contribution in [0.25, 0.3) is 11.1 Å². The van der Waals surface area contributed by atoms with Crippen molar-refractivity contribution in [3.8, 4) is 11.1 Å². The van der Waals surface area contributed by atoms with Crippen molar-refractivity contribution >= 4 is 11.9 Å². The molecule has 1 aliphatic rings. The van der Waals surface area contributed by atoms with E-state index in [1.54, 1.807) is 30.3 Å². The van der Waals surface area contributed by atoms with Gasteiger partial charge in [0, 0.05) is 29.5 Å². The molecule has 3 unspecified atom stereocenters. The van der Waals surface area contributed by atoms with Gasteiger partial charge in [0.1, 0.15) is 17.8 Å². The minimum absolute atomic E-state index is 0.141. The summed E-state index contributed by atoms with van der Waals surface area (Å²) in [7, 11) is 0. The second-order valence-electron chi connectivity index (χ2n) is 7.97. The summed E-state index contributed by atoms with van der Waals surface area (Å²) in [4.78, 5) is 2.14. The lowest BCUT2D eigenvalue weighted by Crippen LogP contribution is -2.44. The van der Waals surface area contributed by atoms with Crippen LogP contribution in [0.2, 0.25) is 0 Å². The predicted octanol–water partition coefficient (Wildman–Crippen LogP) is 5.93. The molecule has 1 saturated heterocycles. The fourth-order valence-corrected chi connectivity index (χ4v) is 4.83. The summed E-state index contributed by atoms with van der Waals surface area (Å²) in [6.45, 7) is 7.14. The zero-order chi connectivity index (χ0) is 21.7. The molecule has 3 atom stereocenters. The molecule has 0 bridgehead atoms. The second kappa shape index (κ2) is 10.7. The molecule has 2 aromatic rings. The largest absolute Gasteiger partial charge is 0.295 e. The fraction of sp³-hybridized carbons (Fsp3) is 0.500. The molecule has 0 aromatic heterocycles. The number of aryl methyl sites for hydroxylation is 1. The molecule has 1 aliphatic heterocycles. The lowest BCUT2D eigenvalue weighted by molar-refractivity contribution is 0.233.